The average molecular weight is 255 g/mol. The van der Waals surface area contributed by atoms with E-state index in [0.29, 0.717) is 25.6 Å². The lowest BCUT2D eigenvalue weighted by molar-refractivity contribution is 0.0208. The minimum atomic E-state index is -0.636. The predicted octanol–water partition coefficient (Wildman–Crippen LogP) is 2.33. The second-order valence-electron chi connectivity index (χ2n) is 6.58. The Morgan fingerprint density at radius 2 is 2.00 bits per heavy atom. The SMILES string of the molecule is COCCC(C)(O)CNC1CCCC(C2CC2)C1. The molecular formula is C15H29NO2. The summed E-state index contributed by atoms with van der Waals surface area (Å²) in [5.41, 5.74) is -0.636. The quantitative estimate of drug-likeness (QED) is 0.733. The molecule has 106 valence electrons. The van der Waals surface area contributed by atoms with Gasteiger partial charge in [-0.05, 0) is 44.4 Å². The smallest absolute Gasteiger partial charge is 0.0765 e. The van der Waals surface area contributed by atoms with Crippen LogP contribution in [0.2, 0.25) is 0 Å². The van der Waals surface area contributed by atoms with Crippen LogP contribution in [0, 0.1) is 11.8 Å². The highest BCUT2D eigenvalue weighted by Gasteiger charge is 2.35. The van der Waals surface area contributed by atoms with Crippen molar-refractivity contribution in [2.45, 2.75) is 63.5 Å². The Labute approximate surface area is 111 Å². The van der Waals surface area contributed by atoms with E-state index in [4.69, 9.17) is 4.74 Å². The standard InChI is InChI=1S/C15H29NO2/c1-15(17,8-9-18-2)11-16-14-5-3-4-13(10-14)12-6-7-12/h12-14,16-17H,3-11H2,1-2H3. The van der Waals surface area contributed by atoms with Gasteiger partial charge < -0.3 is 15.2 Å². The fraction of sp³-hybridized carbons (Fsp3) is 1.00. The largest absolute Gasteiger partial charge is 0.389 e. The third-order valence-electron chi connectivity index (χ3n) is 4.62. The summed E-state index contributed by atoms with van der Waals surface area (Å²) in [6.07, 6.45) is 9.03. The molecule has 0 amide bonds. The van der Waals surface area contributed by atoms with Crippen molar-refractivity contribution in [2.75, 3.05) is 20.3 Å². The molecule has 0 aromatic carbocycles. The van der Waals surface area contributed by atoms with Crippen LogP contribution in [-0.4, -0.2) is 37.0 Å². The van der Waals surface area contributed by atoms with Crippen LogP contribution in [-0.2, 0) is 4.74 Å². The molecule has 2 N–H and O–H groups in total. The first-order valence-electron chi connectivity index (χ1n) is 7.55. The van der Waals surface area contributed by atoms with Gasteiger partial charge in [-0.2, -0.15) is 0 Å². The fourth-order valence-corrected chi connectivity index (χ4v) is 3.18. The van der Waals surface area contributed by atoms with Crippen molar-refractivity contribution >= 4 is 0 Å². The molecule has 0 bridgehead atoms. The molecular weight excluding hydrogens is 226 g/mol. The van der Waals surface area contributed by atoms with Crippen LogP contribution in [0.15, 0.2) is 0 Å². The van der Waals surface area contributed by atoms with Gasteiger partial charge in [-0.15, -0.1) is 0 Å². The van der Waals surface area contributed by atoms with Gasteiger partial charge >= 0.3 is 0 Å². The first kappa shape index (κ1) is 14.3. The van der Waals surface area contributed by atoms with Crippen LogP contribution >= 0.6 is 0 Å². The Kier molecular flexibility index (Phi) is 5.05. The number of hydrogen-bond donors (Lipinski definition) is 2. The molecule has 0 aromatic rings. The number of methoxy groups -OCH3 is 1. The van der Waals surface area contributed by atoms with Gasteiger partial charge in [0, 0.05) is 32.7 Å². The zero-order chi connectivity index (χ0) is 13.0. The van der Waals surface area contributed by atoms with E-state index in [2.05, 4.69) is 5.32 Å². The summed E-state index contributed by atoms with van der Waals surface area (Å²) in [7, 11) is 1.69. The van der Waals surface area contributed by atoms with Gasteiger partial charge in [0.15, 0.2) is 0 Å². The summed E-state index contributed by atoms with van der Waals surface area (Å²) < 4.78 is 5.04. The van der Waals surface area contributed by atoms with Crippen molar-refractivity contribution in [1.82, 2.24) is 5.32 Å². The van der Waals surface area contributed by atoms with Crippen molar-refractivity contribution in [3.05, 3.63) is 0 Å². The molecule has 2 aliphatic carbocycles. The molecule has 3 nitrogen and oxygen atoms in total. The van der Waals surface area contributed by atoms with Gasteiger partial charge in [-0.1, -0.05) is 12.8 Å². The number of rotatable bonds is 7. The molecule has 18 heavy (non-hydrogen) atoms. The van der Waals surface area contributed by atoms with Crippen LogP contribution in [0.4, 0.5) is 0 Å². The van der Waals surface area contributed by atoms with Crippen LogP contribution in [0.5, 0.6) is 0 Å². The molecule has 3 unspecified atom stereocenters. The van der Waals surface area contributed by atoms with Crippen LogP contribution in [0.1, 0.15) is 51.9 Å². The molecule has 3 atom stereocenters. The lowest BCUT2D eigenvalue weighted by Gasteiger charge is -2.33. The summed E-state index contributed by atoms with van der Waals surface area (Å²) in [5, 5.41) is 13.8. The lowest BCUT2D eigenvalue weighted by Crippen LogP contribution is -2.44. The van der Waals surface area contributed by atoms with Gasteiger partial charge in [0.1, 0.15) is 0 Å². The predicted molar refractivity (Wildman–Crippen MR) is 73.6 cm³/mol. The molecule has 0 saturated heterocycles. The van der Waals surface area contributed by atoms with E-state index < -0.39 is 5.60 Å². The van der Waals surface area contributed by atoms with E-state index in [1.807, 2.05) is 6.92 Å². The van der Waals surface area contributed by atoms with Gasteiger partial charge in [0.05, 0.1) is 5.60 Å². The maximum atomic E-state index is 10.2. The minimum Gasteiger partial charge on any atom is -0.389 e. The zero-order valence-corrected chi connectivity index (χ0v) is 12.0. The topological polar surface area (TPSA) is 41.5 Å². The van der Waals surface area contributed by atoms with Crippen LogP contribution < -0.4 is 5.32 Å². The summed E-state index contributed by atoms with van der Waals surface area (Å²) >= 11 is 0. The second-order valence-corrected chi connectivity index (χ2v) is 6.58. The number of hydrogen-bond acceptors (Lipinski definition) is 3. The number of ether oxygens (including phenoxy) is 1. The highest BCUT2D eigenvalue weighted by Crippen LogP contribution is 2.43. The summed E-state index contributed by atoms with van der Waals surface area (Å²) in [4.78, 5) is 0. The highest BCUT2D eigenvalue weighted by molar-refractivity contribution is 4.89. The fourth-order valence-electron chi connectivity index (χ4n) is 3.18. The van der Waals surface area contributed by atoms with E-state index >= 15 is 0 Å². The van der Waals surface area contributed by atoms with Crippen molar-refractivity contribution in [3.63, 3.8) is 0 Å². The first-order chi connectivity index (χ1) is 8.61. The summed E-state index contributed by atoms with van der Waals surface area (Å²) in [5.74, 6) is 1.99. The van der Waals surface area contributed by atoms with E-state index in [9.17, 15) is 5.11 Å². The molecule has 0 aliphatic heterocycles. The third-order valence-corrected chi connectivity index (χ3v) is 4.62. The van der Waals surface area contributed by atoms with Crippen LogP contribution in [0.3, 0.4) is 0 Å². The monoisotopic (exact) mass is 255 g/mol. The zero-order valence-electron chi connectivity index (χ0n) is 12.0. The van der Waals surface area contributed by atoms with Crippen molar-refractivity contribution in [2.24, 2.45) is 11.8 Å². The Balaban J connectivity index is 1.68. The van der Waals surface area contributed by atoms with E-state index in [1.165, 1.54) is 38.5 Å². The molecule has 0 heterocycles. The summed E-state index contributed by atoms with van der Waals surface area (Å²) in [6, 6.07) is 0.623. The molecule has 0 aromatic heterocycles. The van der Waals surface area contributed by atoms with Gasteiger partial charge in [-0.25, -0.2) is 0 Å². The molecule has 2 saturated carbocycles. The molecule has 2 aliphatic rings. The van der Waals surface area contributed by atoms with Gasteiger partial charge in [0.2, 0.25) is 0 Å². The maximum absolute atomic E-state index is 10.2. The molecule has 3 heteroatoms. The number of nitrogens with one attached hydrogen (secondary N) is 1. The first-order valence-corrected chi connectivity index (χ1v) is 7.55. The van der Waals surface area contributed by atoms with E-state index in [1.54, 1.807) is 7.11 Å². The average Bonchev–Trinajstić information content (AvgIpc) is 3.19. The summed E-state index contributed by atoms with van der Waals surface area (Å²) in [6.45, 7) is 3.22. The highest BCUT2D eigenvalue weighted by atomic mass is 16.5. The maximum Gasteiger partial charge on any atom is 0.0765 e. The van der Waals surface area contributed by atoms with Gasteiger partial charge in [0.25, 0.3) is 0 Å². The molecule has 2 fully saturated rings. The molecule has 0 spiro atoms. The van der Waals surface area contributed by atoms with E-state index in [0.717, 1.165) is 11.8 Å². The molecule has 2 rings (SSSR count). The lowest BCUT2D eigenvalue weighted by atomic mass is 9.82. The Morgan fingerprint density at radius 1 is 1.22 bits per heavy atom. The Bertz CT molecular complexity index is 251. The van der Waals surface area contributed by atoms with Crippen molar-refractivity contribution < 1.29 is 9.84 Å². The normalized spacial score (nSPS) is 32.2. The third kappa shape index (κ3) is 4.52. The van der Waals surface area contributed by atoms with Crippen LogP contribution in [0.25, 0.3) is 0 Å². The van der Waals surface area contributed by atoms with E-state index in [-0.39, 0.29) is 0 Å². The van der Waals surface area contributed by atoms with Crippen molar-refractivity contribution in [3.8, 4) is 0 Å². The molecule has 0 radical (unpaired) electrons. The second kappa shape index (κ2) is 6.36. The minimum absolute atomic E-state index is 0.623. The van der Waals surface area contributed by atoms with Crippen molar-refractivity contribution in [1.29, 1.82) is 0 Å². The Hall–Kier alpha value is -0.120. The Morgan fingerprint density at radius 3 is 2.67 bits per heavy atom. The van der Waals surface area contributed by atoms with Gasteiger partial charge in [-0.3, -0.25) is 0 Å². The number of aliphatic hydroxyl groups is 1.